The van der Waals surface area contributed by atoms with Crippen LogP contribution in [0.1, 0.15) is 23.5 Å². The number of nitrogens with zero attached hydrogens (tertiary/aromatic N) is 1. The van der Waals surface area contributed by atoms with Crippen LogP contribution in [0.5, 0.6) is 0 Å². The van der Waals surface area contributed by atoms with E-state index in [1.807, 2.05) is 48.5 Å². The van der Waals surface area contributed by atoms with Gasteiger partial charge in [-0.25, -0.2) is 14.6 Å². The van der Waals surface area contributed by atoms with Gasteiger partial charge in [0.15, 0.2) is 0 Å². The molecule has 0 saturated heterocycles. The Labute approximate surface area is 155 Å². The lowest BCUT2D eigenvalue weighted by molar-refractivity contribution is -0.308. The van der Waals surface area contributed by atoms with Gasteiger partial charge in [-0.2, -0.15) is 0 Å². The first-order chi connectivity index (χ1) is 13.1. The quantitative estimate of drug-likeness (QED) is 0.589. The van der Waals surface area contributed by atoms with Crippen molar-refractivity contribution in [3.63, 3.8) is 0 Å². The molecule has 3 rings (SSSR count). The van der Waals surface area contributed by atoms with Crippen molar-refractivity contribution in [2.24, 2.45) is 4.99 Å². The number of ether oxygens (including phenoxy) is 1. The number of carbonyl (C=O) groups excluding carboxylic acids is 3. The number of carboxylic acids is 1. The number of carbonyl (C=O) groups is 2. The minimum Gasteiger partial charge on any atom is -0.548 e. The van der Waals surface area contributed by atoms with E-state index in [2.05, 4.69) is 10.3 Å². The largest absolute Gasteiger partial charge is 0.548 e. The number of hydrogen-bond donors (Lipinski definition) is 1. The number of fused-ring (bicyclic) bond motifs is 3. The summed E-state index contributed by atoms with van der Waals surface area (Å²) in [5, 5.41) is 13.3. The normalized spacial score (nSPS) is 13.0. The summed E-state index contributed by atoms with van der Waals surface area (Å²) in [5.74, 6) is -1.59. The van der Waals surface area contributed by atoms with E-state index in [0.29, 0.717) is 0 Å². The first-order valence-corrected chi connectivity index (χ1v) is 8.48. The maximum Gasteiger partial charge on any atom is 0.407 e. The number of isocyanates is 1. The van der Waals surface area contributed by atoms with Crippen molar-refractivity contribution in [2.45, 2.75) is 18.4 Å². The van der Waals surface area contributed by atoms with Crippen LogP contribution >= 0.6 is 0 Å². The molecule has 1 atom stereocenters. The van der Waals surface area contributed by atoms with E-state index in [1.165, 1.54) is 6.08 Å². The number of rotatable bonds is 7. The van der Waals surface area contributed by atoms with E-state index in [1.54, 1.807) is 0 Å². The Morgan fingerprint density at radius 1 is 1.11 bits per heavy atom. The number of alkyl carbamates (subject to hydrolysis) is 1. The molecule has 0 spiro atoms. The molecule has 7 heteroatoms. The number of aliphatic imine (C=N–C) groups is 1. The fourth-order valence-electron chi connectivity index (χ4n) is 3.27. The summed E-state index contributed by atoms with van der Waals surface area (Å²) in [6.07, 6.45) is 0.372. The fourth-order valence-corrected chi connectivity index (χ4v) is 3.27. The third-order valence-corrected chi connectivity index (χ3v) is 4.51. The van der Waals surface area contributed by atoms with Crippen LogP contribution in [0.2, 0.25) is 0 Å². The third kappa shape index (κ3) is 4.04. The molecule has 2 aromatic carbocycles. The smallest absolute Gasteiger partial charge is 0.407 e. The molecule has 0 fully saturated rings. The molecule has 1 aliphatic rings. The van der Waals surface area contributed by atoms with E-state index in [4.69, 9.17) is 4.74 Å². The lowest BCUT2D eigenvalue weighted by atomic mass is 9.98. The van der Waals surface area contributed by atoms with Crippen molar-refractivity contribution in [1.82, 2.24) is 5.32 Å². The van der Waals surface area contributed by atoms with Gasteiger partial charge in [-0.05, 0) is 28.7 Å². The molecule has 1 amide bonds. The van der Waals surface area contributed by atoms with Gasteiger partial charge < -0.3 is 20.0 Å². The highest BCUT2D eigenvalue weighted by Crippen LogP contribution is 2.44. The summed E-state index contributed by atoms with van der Waals surface area (Å²) in [6, 6.07) is 14.5. The Morgan fingerprint density at radius 2 is 1.70 bits per heavy atom. The van der Waals surface area contributed by atoms with Crippen molar-refractivity contribution in [3.8, 4) is 11.1 Å². The monoisotopic (exact) mass is 365 g/mol. The molecule has 1 N–H and O–H groups in total. The summed E-state index contributed by atoms with van der Waals surface area (Å²) < 4.78 is 5.28. The maximum absolute atomic E-state index is 12.0. The van der Waals surface area contributed by atoms with Crippen molar-refractivity contribution in [2.75, 3.05) is 13.2 Å². The maximum atomic E-state index is 12.0. The lowest BCUT2D eigenvalue weighted by Gasteiger charge is -2.20. The first-order valence-electron chi connectivity index (χ1n) is 8.48. The molecular weight excluding hydrogens is 348 g/mol. The number of amides is 1. The van der Waals surface area contributed by atoms with Crippen LogP contribution in [-0.2, 0) is 14.3 Å². The van der Waals surface area contributed by atoms with E-state index >= 15 is 0 Å². The fraction of sp³-hybridized carbons (Fsp3) is 0.250. The minimum absolute atomic E-state index is 0.0755. The Bertz CT molecular complexity index is 859. The molecule has 1 aliphatic carbocycles. The molecule has 1 unspecified atom stereocenters. The number of hydrogen-bond acceptors (Lipinski definition) is 6. The second-order valence-electron chi connectivity index (χ2n) is 6.10. The summed E-state index contributed by atoms with van der Waals surface area (Å²) in [6.45, 7) is -0.00206. The molecule has 138 valence electrons. The number of aliphatic carboxylic acids is 1. The van der Waals surface area contributed by atoms with Crippen molar-refractivity contribution in [1.29, 1.82) is 0 Å². The molecule has 0 radical (unpaired) electrons. The van der Waals surface area contributed by atoms with Gasteiger partial charge in [-0.1, -0.05) is 48.5 Å². The molecule has 0 aromatic heterocycles. The highest BCUT2D eigenvalue weighted by atomic mass is 16.5. The predicted octanol–water partition coefficient (Wildman–Crippen LogP) is 1.37. The van der Waals surface area contributed by atoms with Crippen LogP contribution in [-0.4, -0.2) is 37.3 Å². The molecular formula is C20H17N2O5-. The highest BCUT2D eigenvalue weighted by Gasteiger charge is 2.29. The Morgan fingerprint density at radius 3 is 2.26 bits per heavy atom. The average molecular weight is 365 g/mol. The summed E-state index contributed by atoms with van der Waals surface area (Å²) in [5.41, 5.74) is 4.31. The lowest BCUT2D eigenvalue weighted by Crippen LogP contribution is -2.48. The van der Waals surface area contributed by atoms with Crippen LogP contribution in [0.4, 0.5) is 4.79 Å². The Balaban J connectivity index is 1.66. The van der Waals surface area contributed by atoms with Crippen molar-refractivity contribution < 1.29 is 24.2 Å². The molecule has 0 bridgehead atoms. The number of carboxylic acid groups (broad SMARTS) is 1. The number of nitrogens with one attached hydrogen (secondary N) is 1. The van der Waals surface area contributed by atoms with Gasteiger partial charge in [-0.15, -0.1) is 0 Å². The van der Waals surface area contributed by atoms with Crippen LogP contribution in [0.25, 0.3) is 11.1 Å². The van der Waals surface area contributed by atoms with Gasteiger partial charge in [0.25, 0.3) is 0 Å². The second kappa shape index (κ2) is 8.29. The van der Waals surface area contributed by atoms with Crippen molar-refractivity contribution >= 4 is 18.1 Å². The van der Waals surface area contributed by atoms with E-state index < -0.39 is 18.1 Å². The number of benzene rings is 2. The van der Waals surface area contributed by atoms with Gasteiger partial charge in [-0.3, -0.25) is 0 Å². The predicted molar refractivity (Wildman–Crippen MR) is 94.6 cm³/mol. The summed E-state index contributed by atoms with van der Waals surface area (Å²) >= 11 is 0. The summed E-state index contributed by atoms with van der Waals surface area (Å²) in [4.78, 5) is 36.5. The SMILES string of the molecule is O=C=NCCC(NC(=O)OCC1c2ccccc2-c2ccccc21)C(=O)[O-]. The molecule has 2 aromatic rings. The molecule has 7 nitrogen and oxygen atoms in total. The van der Waals surface area contributed by atoms with Gasteiger partial charge >= 0.3 is 6.09 Å². The minimum atomic E-state index is -1.47. The summed E-state index contributed by atoms with van der Waals surface area (Å²) in [7, 11) is 0. The molecule has 0 aliphatic heterocycles. The zero-order valence-corrected chi connectivity index (χ0v) is 14.4. The second-order valence-corrected chi connectivity index (χ2v) is 6.10. The van der Waals surface area contributed by atoms with Gasteiger partial charge in [0, 0.05) is 5.92 Å². The standard InChI is InChI=1S/C20H18N2O5/c23-12-21-10-9-18(19(24)25)22-20(26)27-11-17-15-7-3-1-5-13(15)14-6-2-4-8-16(14)17/h1-8,17-18H,9-11H2,(H,22,26)(H,24,25)/p-1. The molecule has 0 saturated carbocycles. The van der Waals surface area contributed by atoms with E-state index in [9.17, 15) is 19.5 Å². The molecule has 0 heterocycles. The van der Waals surface area contributed by atoms with Gasteiger partial charge in [0.05, 0.1) is 18.6 Å². The molecule has 27 heavy (non-hydrogen) atoms. The van der Waals surface area contributed by atoms with Crippen LogP contribution in [0, 0.1) is 0 Å². The van der Waals surface area contributed by atoms with Crippen LogP contribution < -0.4 is 10.4 Å². The van der Waals surface area contributed by atoms with Crippen LogP contribution in [0.15, 0.2) is 53.5 Å². The Kier molecular flexibility index (Phi) is 5.64. The van der Waals surface area contributed by atoms with Crippen molar-refractivity contribution in [3.05, 3.63) is 59.7 Å². The van der Waals surface area contributed by atoms with Gasteiger partial charge in [0.2, 0.25) is 6.08 Å². The third-order valence-electron chi connectivity index (χ3n) is 4.51. The zero-order chi connectivity index (χ0) is 19.2. The van der Waals surface area contributed by atoms with Crippen LogP contribution in [0.3, 0.4) is 0 Å². The highest BCUT2D eigenvalue weighted by molar-refractivity contribution is 5.80. The first kappa shape index (κ1) is 18.4. The Hall–Kier alpha value is -3.44. The topological polar surface area (TPSA) is 108 Å². The average Bonchev–Trinajstić information content (AvgIpc) is 2.99. The van der Waals surface area contributed by atoms with Gasteiger partial charge in [0.1, 0.15) is 6.61 Å². The van der Waals surface area contributed by atoms with E-state index in [-0.39, 0.29) is 25.5 Å². The zero-order valence-electron chi connectivity index (χ0n) is 14.4. The van der Waals surface area contributed by atoms with E-state index in [0.717, 1.165) is 22.3 Å².